The number of fused-ring (bicyclic) bond motifs is 1. The number of nitriles is 1. The van der Waals surface area contributed by atoms with Gasteiger partial charge in [-0.25, -0.2) is 9.97 Å². The highest BCUT2D eigenvalue weighted by Crippen LogP contribution is 2.32. The summed E-state index contributed by atoms with van der Waals surface area (Å²) in [5.74, 6) is 0.935. The van der Waals surface area contributed by atoms with Crippen LogP contribution >= 0.6 is 11.3 Å². The lowest BCUT2D eigenvalue weighted by molar-refractivity contribution is 0.625. The van der Waals surface area contributed by atoms with E-state index in [1.165, 1.54) is 0 Å². The molecule has 2 heterocycles. The van der Waals surface area contributed by atoms with E-state index in [1.807, 2.05) is 30.6 Å². The third-order valence-electron chi connectivity index (χ3n) is 3.28. The van der Waals surface area contributed by atoms with Crippen molar-refractivity contribution in [3.05, 3.63) is 35.0 Å². The van der Waals surface area contributed by atoms with E-state index in [1.54, 1.807) is 11.3 Å². The molecule has 0 fully saturated rings. The van der Waals surface area contributed by atoms with Gasteiger partial charge < -0.3 is 4.57 Å². The summed E-state index contributed by atoms with van der Waals surface area (Å²) < 4.78 is 2.21. The maximum absolute atomic E-state index is 9.02. The molecule has 0 aliphatic carbocycles. The Labute approximate surface area is 121 Å². The summed E-state index contributed by atoms with van der Waals surface area (Å²) >= 11 is 1.60. The first-order valence-electron chi connectivity index (χ1n) is 6.44. The van der Waals surface area contributed by atoms with Crippen LogP contribution in [0.4, 0.5) is 0 Å². The quantitative estimate of drug-likeness (QED) is 0.715. The van der Waals surface area contributed by atoms with Crippen LogP contribution in [0.5, 0.6) is 0 Å². The number of thiazole rings is 1. The van der Waals surface area contributed by atoms with Gasteiger partial charge in [-0.05, 0) is 39.0 Å². The predicted octanol–water partition coefficient (Wildman–Crippen LogP) is 3.92. The summed E-state index contributed by atoms with van der Waals surface area (Å²) in [4.78, 5) is 10.1. The SMILES string of the molecule is Cc1ncsc1-c1nc2cc(C#N)ccc2n1C(C)C. The molecule has 100 valence electrons. The van der Waals surface area contributed by atoms with Crippen molar-refractivity contribution in [2.45, 2.75) is 26.8 Å². The lowest BCUT2D eigenvalue weighted by atomic mass is 10.2. The Balaban J connectivity index is 2.34. The van der Waals surface area contributed by atoms with Crippen molar-refractivity contribution in [1.29, 1.82) is 5.26 Å². The highest BCUT2D eigenvalue weighted by molar-refractivity contribution is 7.13. The second kappa shape index (κ2) is 4.73. The van der Waals surface area contributed by atoms with Crippen LogP contribution in [0, 0.1) is 18.3 Å². The van der Waals surface area contributed by atoms with E-state index in [2.05, 4.69) is 29.5 Å². The Morgan fingerprint density at radius 2 is 2.15 bits per heavy atom. The minimum absolute atomic E-state index is 0.296. The monoisotopic (exact) mass is 282 g/mol. The number of hydrogen-bond donors (Lipinski definition) is 0. The fraction of sp³-hybridized carbons (Fsp3) is 0.267. The van der Waals surface area contributed by atoms with Crippen LogP contribution in [0.3, 0.4) is 0 Å². The van der Waals surface area contributed by atoms with Crippen molar-refractivity contribution in [2.24, 2.45) is 0 Å². The largest absolute Gasteiger partial charge is 0.321 e. The van der Waals surface area contributed by atoms with Gasteiger partial charge in [0.25, 0.3) is 0 Å². The fourth-order valence-electron chi connectivity index (χ4n) is 2.37. The van der Waals surface area contributed by atoms with Crippen LogP contribution in [-0.4, -0.2) is 14.5 Å². The van der Waals surface area contributed by atoms with Crippen LogP contribution in [0.2, 0.25) is 0 Å². The number of imidazole rings is 1. The molecule has 0 saturated carbocycles. The van der Waals surface area contributed by atoms with Crippen molar-refractivity contribution in [1.82, 2.24) is 14.5 Å². The first-order valence-corrected chi connectivity index (χ1v) is 7.32. The van der Waals surface area contributed by atoms with E-state index >= 15 is 0 Å². The van der Waals surface area contributed by atoms with Gasteiger partial charge in [0.1, 0.15) is 0 Å². The molecule has 3 aromatic rings. The van der Waals surface area contributed by atoms with Gasteiger partial charge in [0.15, 0.2) is 5.82 Å². The lowest BCUT2D eigenvalue weighted by Gasteiger charge is -2.12. The summed E-state index contributed by atoms with van der Waals surface area (Å²) in [5.41, 5.74) is 5.39. The van der Waals surface area contributed by atoms with Crippen molar-refractivity contribution >= 4 is 22.4 Å². The Hall–Kier alpha value is -2.19. The molecule has 5 heteroatoms. The third-order valence-corrected chi connectivity index (χ3v) is 4.21. The van der Waals surface area contributed by atoms with Gasteiger partial charge in [0.2, 0.25) is 0 Å². The van der Waals surface area contributed by atoms with Gasteiger partial charge in [0.05, 0.1) is 38.7 Å². The fourth-order valence-corrected chi connectivity index (χ4v) is 3.16. The Kier molecular flexibility index (Phi) is 3.03. The van der Waals surface area contributed by atoms with Gasteiger partial charge in [-0.3, -0.25) is 0 Å². The number of nitrogens with zero attached hydrogens (tertiary/aromatic N) is 4. The molecule has 0 spiro atoms. The molecule has 0 aliphatic rings. The Morgan fingerprint density at radius 3 is 2.75 bits per heavy atom. The first-order chi connectivity index (χ1) is 9.61. The summed E-state index contributed by atoms with van der Waals surface area (Å²) in [5, 5.41) is 9.02. The molecule has 0 atom stereocenters. The minimum atomic E-state index is 0.296. The molecule has 0 saturated heterocycles. The summed E-state index contributed by atoms with van der Waals surface area (Å²) in [6, 6.07) is 8.11. The van der Waals surface area contributed by atoms with E-state index in [0.29, 0.717) is 11.6 Å². The maximum Gasteiger partial charge on any atom is 0.153 e. The summed E-state index contributed by atoms with van der Waals surface area (Å²) in [6.45, 7) is 6.27. The van der Waals surface area contributed by atoms with Gasteiger partial charge in [-0.1, -0.05) is 0 Å². The molecule has 1 aromatic carbocycles. The Bertz CT molecular complexity index is 820. The molecule has 4 nitrogen and oxygen atoms in total. The zero-order valence-corrected chi connectivity index (χ0v) is 12.4. The topological polar surface area (TPSA) is 54.5 Å². The first kappa shape index (κ1) is 12.8. The zero-order valence-electron chi connectivity index (χ0n) is 11.6. The average Bonchev–Trinajstić information content (AvgIpc) is 3.00. The van der Waals surface area contributed by atoms with E-state index in [-0.39, 0.29) is 0 Å². The van der Waals surface area contributed by atoms with Crippen LogP contribution in [-0.2, 0) is 0 Å². The molecule has 0 unspecified atom stereocenters. The third kappa shape index (κ3) is 1.89. The van der Waals surface area contributed by atoms with Crippen molar-refractivity contribution in [2.75, 3.05) is 0 Å². The molecule has 0 amide bonds. The molecule has 3 rings (SSSR count). The van der Waals surface area contributed by atoms with Crippen LogP contribution in [0.15, 0.2) is 23.7 Å². The molecule has 2 aromatic heterocycles. The number of aryl methyl sites for hydroxylation is 1. The van der Waals surface area contributed by atoms with Crippen LogP contribution in [0.1, 0.15) is 31.1 Å². The van der Waals surface area contributed by atoms with Crippen molar-refractivity contribution < 1.29 is 0 Å². The summed E-state index contributed by atoms with van der Waals surface area (Å²) in [7, 11) is 0. The normalized spacial score (nSPS) is 11.2. The molecular weight excluding hydrogens is 268 g/mol. The molecule has 0 radical (unpaired) electrons. The molecule has 0 N–H and O–H groups in total. The standard InChI is InChI=1S/C15H14N4S/c1-9(2)19-13-5-4-11(7-16)6-12(13)18-15(19)14-10(3)17-8-20-14/h4-6,8-9H,1-3H3. The van der Waals surface area contributed by atoms with E-state index in [9.17, 15) is 0 Å². The van der Waals surface area contributed by atoms with Gasteiger partial charge in [-0.15, -0.1) is 11.3 Å². The summed E-state index contributed by atoms with van der Waals surface area (Å²) in [6.07, 6.45) is 0. The smallest absolute Gasteiger partial charge is 0.153 e. The molecule has 0 bridgehead atoms. The average molecular weight is 282 g/mol. The predicted molar refractivity (Wildman–Crippen MR) is 80.7 cm³/mol. The van der Waals surface area contributed by atoms with Crippen LogP contribution in [0.25, 0.3) is 21.7 Å². The Morgan fingerprint density at radius 1 is 1.35 bits per heavy atom. The highest BCUT2D eigenvalue weighted by Gasteiger charge is 2.18. The molecule has 0 aliphatic heterocycles. The van der Waals surface area contributed by atoms with E-state index < -0.39 is 0 Å². The highest BCUT2D eigenvalue weighted by atomic mass is 32.1. The second-order valence-electron chi connectivity index (χ2n) is 4.98. The van der Waals surface area contributed by atoms with E-state index in [0.717, 1.165) is 27.4 Å². The van der Waals surface area contributed by atoms with Gasteiger partial charge in [0, 0.05) is 6.04 Å². The number of benzene rings is 1. The van der Waals surface area contributed by atoms with Crippen molar-refractivity contribution in [3.8, 4) is 16.8 Å². The minimum Gasteiger partial charge on any atom is -0.321 e. The number of rotatable bonds is 2. The van der Waals surface area contributed by atoms with Crippen LogP contribution < -0.4 is 0 Å². The van der Waals surface area contributed by atoms with Gasteiger partial charge >= 0.3 is 0 Å². The number of hydrogen-bond acceptors (Lipinski definition) is 4. The molecular formula is C15H14N4S. The van der Waals surface area contributed by atoms with E-state index in [4.69, 9.17) is 10.2 Å². The van der Waals surface area contributed by atoms with Crippen molar-refractivity contribution in [3.63, 3.8) is 0 Å². The lowest BCUT2D eigenvalue weighted by Crippen LogP contribution is -2.02. The zero-order chi connectivity index (χ0) is 14.3. The number of aromatic nitrogens is 3. The second-order valence-corrected chi connectivity index (χ2v) is 5.84. The maximum atomic E-state index is 9.02. The van der Waals surface area contributed by atoms with Gasteiger partial charge in [-0.2, -0.15) is 5.26 Å². The molecule has 20 heavy (non-hydrogen) atoms.